The van der Waals surface area contributed by atoms with Crippen molar-refractivity contribution in [1.29, 1.82) is 0 Å². The Bertz CT molecular complexity index is 479. The van der Waals surface area contributed by atoms with Crippen molar-refractivity contribution in [2.75, 3.05) is 18.0 Å². The highest BCUT2D eigenvalue weighted by atomic mass is 15.2. The van der Waals surface area contributed by atoms with Crippen LogP contribution in [-0.2, 0) is 6.54 Å². The Balaban J connectivity index is 1.38. The molecule has 114 valence electrons. The molecule has 1 aromatic rings. The molecule has 2 aliphatic carbocycles. The number of nitrogens with zero attached hydrogens (tertiary/aromatic N) is 2. The van der Waals surface area contributed by atoms with Crippen LogP contribution >= 0.6 is 0 Å². The molecule has 3 aliphatic rings. The highest BCUT2D eigenvalue weighted by Gasteiger charge is 2.37. The second kappa shape index (κ2) is 5.60. The highest BCUT2D eigenvalue weighted by molar-refractivity contribution is 5.41. The van der Waals surface area contributed by atoms with E-state index in [1.165, 1.54) is 75.8 Å². The van der Waals surface area contributed by atoms with Crippen molar-refractivity contribution in [1.82, 2.24) is 10.3 Å². The maximum absolute atomic E-state index is 4.62. The van der Waals surface area contributed by atoms with Crippen LogP contribution in [0.15, 0.2) is 18.3 Å². The zero-order chi connectivity index (χ0) is 14.1. The number of hydrogen-bond acceptors (Lipinski definition) is 3. The summed E-state index contributed by atoms with van der Waals surface area (Å²) >= 11 is 0. The third-order valence-corrected chi connectivity index (χ3v) is 5.79. The van der Waals surface area contributed by atoms with Crippen molar-refractivity contribution in [2.45, 2.75) is 64.0 Å². The Morgan fingerprint density at radius 2 is 1.90 bits per heavy atom. The zero-order valence-electron chi connectivity index (χ0n) is 13.0. The molecule has 0 bridgehead atoms. The summed E-state index contributed by atoms with van der Waals surface area (Å²) in [7, 11) is 0. The summed E-state index contributed by atoms with van der Waals surface area (Å²) < 4.78 is 0. The molecule has 1 aromatic heterocycles. The van der Waals surface area contributed by atoms with E-state index in [0.717, 1.165) is 12.6 Å². The van der Waals surface area contributed by atoms with Gasteiger partial charge in [-0.3, -0.25) is 0 Å². The van der Waals surface area contributed by atoms with E-state index >= 15 is 0 Å². The number of anilines is 1. The Labute approximate surface area is 128 Å². The number of piperidine rings is 1. The quantitative estimate of drug-likeness (QED) is 0.918. The number of hydrogen-bond donors (Lipinski definition) is 1. The Morgan fingerprint density at radius 3 is 2.62 bits per heavy atom. The van der Waals surface area contributed by atoms with E-state index in [1.807, 2.05) is 6.20 Å². The van der Waals surface area contributed by atoms with Crippen LogP contribution < -0.4 is 10.2 Å². The van der Waals surface area contributed by atoms with Crippen LogP contribution in [-0.4, -0.2) is 24.1 Å². The van der Waals surface area contributed by atoms with Crippen molar-refractivity contribution in [3.05, 3.63) is 23.9 Å². The fourth-order valence-corrected chi connectivity index (χ4v) is 4.13. The number of pyridine rings is 1. The molecule has 3 fully saturated rings. The summed E-state index contributed by atoms with van der Waals surface area (Å²) in [5.74, 6) is 1.19. The lowest BCUT2D eigenvalue weighted by Crippen LogP contribution is -2.39. The van der Waals surface area contributed by atoms with E-state index in [2.05, 4.69) is 27.3 Å². The van der Waals surface area contributed by atoms with E-state index in [0.29, 0.717) is 5.41 Å². The van der Waals surface area contributed by atoms with Gasteiger partial charge in [0.1, 0.15) is 5.82 Å². The zero-order valence-corrected chi connectivity index (χ0v) is 13.0. The number of rotatable bonds is 4. The molecule has 1 aliphatic heterocycles. The van der Waals surface area contributed by atoms with Gasteiger partial charge in [0.15, 0.2) is 0 Å². The molecule has 3 heteroatoms. The van der Waals surface area contributed by atoms with E-state index in [9.17, 15) is 0 Å². The maximum atomic E-state index is 4.62. The predicted octanol–water partition coefficient (Wildman–Crippen LogP) is 3.49. The van der Waals surface area contributed by atoms with Crippen LogP contribution in [0.2, 0.25) is 0 Å². The summed E-state index contributed by atoms with van der Waals surface area (Å²) in [4.78, 5) is 7.12. The minimum absolute atomic E-state index is 0.696. The Morgan fingerprint density at radius 1 is 1.14 bits per heavy atom. The molecule has 0 unspecified atom stereocenters. The minimum atomic E-state index is 0.696. The average Bonchev–Trinajstić information content (AvgIpc) is 3.26. The first kappa shape index (κ1) is 13.6. The summed E-state index contributed by atoms with van der Waals surface area (Å²) in [5, 5.41) is 3.60. The monoisotopic (exact) mass is 285 g/mol. The van der Waals surface area contributed by atoms with Crippen LogP contribution in [0.4, 0.5) is 5.82 Å². The fraction of sp³-hybridized carbons (Fsp3) is 0.722. The van der Waals surface area contributed by atoms with Gasteiger partial charge in [0.25, 0.3) is 0 Å². The van der Waals surface area contributed by atoms with Crippen molar-refractivity contribution in [3.8, 4) is 0 Å². The predicted molar refractivity (Wildman–Crippen MR) is 86.4 cm³/mol. The topological polar surface area (TPSA) is 28.2 Å². The third kappa shape index (κ3) is 3.08. The van der Waals surface area contributed by atoms with Crippen LogP contribution in [0.3, 0.4) is 0 Å². The molecule has 0 aromatic carbocycles. The molecule has 1 N–H and O–H groups in total. The molecule has 0 amide bonds. The molecule has 21 heavy (non-hydrogen) atoms. The lowest BCUT2D eigenvalue weighted by atomic mass is 9.77. The van der Waals surface area contributed by atoms with E-state index in [1.54, 1.807) is 0 Å². The maximum Gasteiger partial charge on any atom is 0.128 e. The van der Waals surface area contributed by atoms with Gasteiger partial charge in [-0.2, -0.15) is 0 Å². The van der Waals surface area contributed by atoms with Crippen LogP contribution in [0.5, 0.6) is 0 Å². The van der Waals surface area contributed by atoms with E-state index < -0.39 is 0 Å². The van der Waals surface area contributed by atoms with E-state index in [-0.39, 0.29) is 0 Å². The van der Waals surface area contributed by atoms with Crippen molar-refractivity contribution in [3.63, 3.8) is 0 Å². The van der Waals surface area contributed by atoms with Crippen LogP contribution in [0, 0.1) is 5.41 Å². The SMILES string of the molecule is c1cc(CNC2CC2)cc(N2CCC3(CCCC3)CC2)n1. The van der Waals surface area contributed by atoms with Gasteiger partial charge in [-0.15, -0.1) is 0 Å². The van der Waals surface area contributed by atoms with Gasteiger partial charge >= 0.3 is 0 Å². The number of nitrogens with one attached hydrogen (secondary N) is 1. The second-order valence-corrected chi connectivity index (χ2v) is 7.37. The van der Waals surface area contributed by atoms with Gasteiger partial charge in [-0.25, -0.2) is 4.98 Å². The summed E-state index contributed by atoms with van der Waals surface area (Å²) in [5.41, 5.74) is 2.08. The smallest absolute Gasteiger partial charge is 0.128 e. The van der Waals surface area contributed by atoms with Gasteiger partial charge in [0.2, 0.25) is 0 Å². The van der Waals surface area contributed by atoms with Crippen molar-refractivity contribution >= 4 is 5.82 Å². The first-order chi connectivity index (χ1) is 10.3. The van der Waals surface area contributed by atoms with E-state index in [4.69, 9.17) is 0 Å². The largest absolute Gasteiger partial charge is 0.357 e. The molecule has 1 saturated heterocycles. The average molecular weight is 285 g/mol. The third-order valence-electron chi connectivity index (χ3n) is 5.79. The van der Waals surface area contributed by atoms with Gasteiger partial charge in [0, 0.05) is 31.9 Å². The molecule has 0 atom stereocenters. The molecule has 4 rings (SSSR count). The summed E-state index contributed by atoms with van der Waals surface area (Å²) in [6, 6.07) is 5.22. The lowest BCUT2D eigenvalue weighted by molar-refractivity contribution is 0.226. The van der Waals surface area contributed by atoms with Crippen LogP contribution in [0.1, 0.15) is 56.9 Å². The number of aromatic nitrogens is 1. The first-order valence-corrected chi connectivity index (χ1v) is 8.76. The molecule has 2 heterocycles. The van der Waals surface area contributed by atoms with Gasteiger partial charge in [-0.1, -0.05) is 12.8 Å². The molecule has 0 radical (unpaired) electrons. The van der Waals surface area contributed by atoms with Crippen LogP contribution in [0.25, 0.3) is 0 Å². The minimum Gasteiger partial charge on any atom is -0.357 e. The van der Waals surface area contributed by atoms with Gasteiger partial charge in [0.05, 0.1) is 0 Å². The molecule has 3 nitrogen and oxygen atoms in total. The van der Waals surface area contributed by atoms with Crippen molar-refractivity contribution in [2.24, 2.45) is 5.41 Å². The molecule has 1 spiro atoms. The normalized spacial score (nSPS) is 24.7. The van der Waals surface area contributed by atoms with Crippen molar-refractivity contribution < 1.29 is 0 Å². The molecule has 2 saturated carbocycles. The molecular weight excluding hydrogens is 258 g/mol. The fourth-order valence-electron chi connectivity index (χ4n) is 4.13. The summed E-state index contributed by atoms with van der Waals surface area (Å²) in [6.45, 7) is 3.40. The highest BCUT2D eigenvalue weighted by Crippen LogP contribution is 2.46. The Kier molecular flexibility index (Phi) is 3.62. The summed E-state index contributed by atoms with van der Waals surface area (Å²) in [6.07, 6.45) is 13.3. The first-order valence-electron chi connectivity index (χ1n) is 8.76. The second-order valence-electron chi connectivity index (χ2n) is 7.37. The lowest BCUT2D eigenvalue weighted by Gasteiger charge is -2.40. The Hall–Kier alpha value is -1.09. The van der Waals surface area contributed by atoms with Gasteiger partial charge < -0.3 is 10.2 Å². The molecular formula is C18H27N3. The standard InChI is InChI=1S/C18H27N3/c1-2-7-18(6-1)8-11-21(12-9-18)17-13-15(5-10-19-17)14-20-16-3-4-16/h5,10,13,16,20H,1-4,6-9,11-12,14H2. The van der Waals surface area contributed by atoms with Gasteiger partial charge in [-0.05, 0) is 61.6 Å².